The number of nitrogens with two attached hydrogens (primary N) is 1. The lowest BCUT2D eigenvalue weighted by Gasteiger charge is -2.11. The molecular formula is C18H14N6O. The van der Waals surface area contributed by atoms with Crippen LogP contribution in [0.25, 0.3) is 22.2 Å². The second kappa shape index (κ2) is 5.72. The molecule has 122 valence electrons. The van der Waals surface area contributed by atoms with Crippen LogP contribution in [0.3, 0.4) is 0 Å². The molecule has 4 N–H and O–H groups in total. The monoisotopic (exact) mass is 330 g/mol. The highest BCUT2D eigenvalue weighted by Crippen LogP contribution is 2.24. The lowest BCUT2D eigenvalue weighted by molar-refractivity contribution is 0.626. The summed E-state index contributed by atoms with van der Waals surface area (Å²) in [6.45, 7) is 0. The largest absolute Gasteiger partial charge is 0.424 e. The summed E-state index contributed by atoms with van der Waals surface area (Å²) in [5.74, 6) is 0.187. The van der Waals surface area contributed by atoms with Crippen LogP contribution < -0.4 is 11.2 Å². The standard InChI is InChI=1S/C18H14N6O/c19-16-6-4-13(10-24(16)17(20)12-2-1-7-22-9-12)11-3-5-15-14(8-11)23-18(21)25-15/h1-10,19-20H,(H2,21,23). The minimum absolute atomic E-state index is 0.127. The van der Waals surface area contributed by atoms with Crippen molar-refractivity contribution < 1.29 is 4.42 Å². The number of nitrogens with zero attached hydrogens (tertiary/aromatic N) is 3. The molecule has 0 aliphatic carbocycles. The van der Waals surface area contributed by atoms with Gasteiger partial charge in [-0.3, -0.25) is 20.4 Å². The lowest BCUT2D eigenvalue weighted by Crippen LogP contribution is -2.26. The fourth-order valence-corrected chi connectivity index (χ4v) is 2.62. The molecule has 4 aromatic rings. The number of nitrogen functional groups attached to an aromatic ring is 1. The molecule has 0 unspecified atom stereocenters. The molecule has 3 aromatic heterocycles. The first-order valence-electron chi connectivity index (χ1n) is 7.55. The molecule has 1 aromatic carbocycles. The van der Waals surface area contributed by atoms with Gasteiger partial charge in [0.2, 0.25) is 0 Å². The highest BCUT2D eigenvalue weighted by atomic mass is 16.4. The molecular weight excluding hydrogens is 316 g/mol. The molecule has 0 spiro atoms. The summed E-state index contributed by atoms with van der Waals surface area (Å²) in [6, 6.07) is 12.7. The van der Waals surface area contributed by atoms with Crippen LogP contribution in [-0.2, 0) is 0 Å². The van der Waals surface area contributed by atoms with Crippen molar-refractivity contribution in [3.05, 3.63) is 72.1 Å². The quantitative estimate of drug-likeness (QED) is 0.387. The normalized spacial score (nSPS) is 10.9. The van der Waals surface area contributed by atoms with Crippen LogP contribution in [0.4, 0.5) is 6.01 Å². The fourth-order valence-electron chi connectivity index (χ4n) is 2.62. The van der Waals surface area contributed by atoms with Crippen LogP contribution in [0.5, 0.6) is 0 Å². The summed E-state index contributed by atoms with van der Waals surface area (Å²) in [7, 11) is 0. The maximum absolute atomic E-state index is 8.36. The predicted octanol–water partition coefficient (Wildman–Crippen LogP) is 2.63. The molecule has 0 fully saturated rings. The molecule has 0 bridgehead atoms. The summed E-state index contributed by atoms with van der Waals surface area (Å²) in [5, 5.41) is 16.5. The Labute approximate surface area is 142 Å². The number of rotatable bonds is 2. The number of nitrogens with one attached hydrogen (secondary N) is 2. The molecule has 0 aliphatic rings. The molecule has 7 nitrogen and oxygen atoms in total. The second-order valence-electron chi connectivity index (χ2n) is 5.50. The van der Waals surface area contributed by atoms with E-state index in [1.165, 1.54) is 4.57 Å². The average molecular weight is 330 g/mol. The predicted molar refractivity (Wildman–Crippen MR) is 94.2 cm³/mol. The van der Waals surface area contributed by atoms with E-state index in [0.29, 0.717) is 16.7 Å². The summed E-state index contributed by atoms with van der Waals surface area (Å²) >= 11 is 0. The van der Waals surface area contributed by atoms with Crippen molar-refractivity contribution in [1.29, 1.82) is 10.8 Å². The molecule has 4 rings (SSSR count). The van der Waals surface area contributed by atoms with Crippen molar-refractivity contribution in [3.8, 4) is 11.1 Å². The van der Waals surface area contributed by atoms with Gasteiger partial charge in [0.05, 0.1) is 0 Å². The van der Waals surface area contributed by atoms with Gasteiger partial charge in [-0.25, -0.2) is 0 Å². The number of benzene rings is 1. The van der Waals surface area contributed by atoms with Crippen molar-refractivity contribution in [2.24, 2.45) is 0 Å². The van der Waals surface area contributed by atoms with Gasteiger partial charge < -0.3 is 10.2 Å². The van der Waals surface area contributed by atoms with Gasteiger partial charge in [0.1, 0.15) is 16.8 Å². The summed E-state index contributed by atoms with van der Waals surface area (Å²) in [6.07, 6.45) is 5.01. The topological polar surface area (TPSA) is 118 Å². The molecule has 7 heteroatoms. The number of hydrogen-bond donors (Lipinski definition) is 3. The lowest BCUT2D eigenvalue weighted by atomic mass is 10.1. The van der Waals surface area contributed by atoms with Gasteiger partial charge >= 0.3 is 0 Å². The SMILES string of the molecule is N=C(c1cccnc1)n1cc(-c2ccc3oc(N)nc3c2)ccc1=N. The zero-order chi connectivity index (χ0) is 17.4. The Hall–Kier alpha value is -3.74. The summed E-state index contributed by atoms with van der Waals surface area (Å²) in [4.78, 5) is 8.17. The van der Waals surface area contributed by atoms with Gasteiger partial charge in [0.15, 0.2) is 5.58 Å². The molecule has 25 heavy (non-hydrogen) atoms. The Morgan fingerprint density at radius 2 is 1.96 bits per heavy atom. The van der Waals surface area contributed by atoms with E-state index in [1.807, 2.05) is 18.2 Å². The number of hydrogen-bond acceptors (Lipinski definition) is 6. The van der Waals surface area contributed by atoms with Crippen LogP contribution in [0.2, 0.25) is 0 Å². The Bertz CT molecular complexity index is 1140. The first-order chi connectivity index (χ1) is 12.1. The van der Waals surface area contributed by atoms with E-state index < -0.39 is 0 Å². The van der Waals surface area contributed by atoms with E-state index in [4.69, 9.17) is 21.0 Å². The minimum Gasteiger partial charge on any atom is -0.424 e. The van der Waals surface area contributed by atoms with E-state index in [1.54, 1.807) is 42.9 Å². The van der Waals surface area contributed by atoms with E-state index >= 15 is 0 Å². The fraction of sp³-hybridized carbons (Fsp3) is 0. The maximum atomic E-state index is 8.36. The molecule has 3 heterocycles. The molecule has 0 saturated heterocycles. The van der Waals surface area contributed by atoms with Crippen LogP contribution in [-0.4, -0.2) is 20.4 Å². The third-order valence-corrected chi connectivity index (χ3v) is 3.86. The van der Waals surface area contributed by atoms with Crippen molar-refractivity contribution in [1.82, 2.24) is 14.5 Å². The zero-order valence-corrected chi connectivity index (χ0v) is 13.1. The van der Waals surface area contributed by atoms with Gasteiger partial charge in [-0.2, -0.15) is 4.98 Å². The zero-order valence-electron chi connectivity index (χ0n) is 13.1. The Morgan fingerprint density at radius 3 is 2.76 bits per heavy atom. The highest BCUT2D eigenvalue weighted by molar-refractivity contribution is 5.98. The van der Waals surface area contributed by atoms with Crippen molar-refractivity contribution in [2.45, 2.75) is 0 Å². The van der Waals surface area contributed by atoms with E-state index in [9.17, 15) is 0 Å². The van der Waals surface area contributed by atoms with Gasteiger partial charge in [-0.1, -0.05) is 6.07 Å². The Balaban J connectivity index is 1.80. The van der Waals surface area contributed by atoms with E-state index in [2.05, 4.69) is 9.97 Å². The molecule has 0 amide bonds. The number of fused-ring (bicyclic) bond motifs is 1. The number of pyridine rings is 2. The highest BCUT2D eigenvalue weighted by Gasteiger charge is 2.09. The molecule has 0 aliphatic heterocycles. The maximum Gasteiger partial charge on any atom is 0.292 e. The molecule has 0 saturated carbocycles. The van der Waals surface area contributed by atoms with Crippen LogP contribution >= 0.6 is 0 Å². The summed E-state index contributed by atoms with van der Waals surface area (Å²) in [5.41, 5.74) is 9.47. The number of oxazole rings is 1. The third-order valence-electron chi connectivity index (χ3n) is 3.86. The van der Waals surface area contributed by atoms with Crippen LogP contribution in [0.15, 0.2) is 65.5 Å². The Morgan fingerprint density at radius 1 is 1.12 bits per heavy atom. The van der Waals surface area contributed by atoms with E-state index in [0.717, 1.165) is 11.1 Å². The van der Waals surface area contributed by atoms with Gasteiger partial charge in [-0.05, 0) is 47.5 Å². The number of aromatic nitrogens is 3. The first kappa shape index (κ1) is 14.8. The first-order valence-corrected chi connectivity index (χ1v) is 7.55. The smallest absolute Gasteiger partial charge is 0.292 e. The summed E-state index contributed by atoms with van der Waals surface area (Å²) < 4.78 is 6.80. The average Bonchev–Trinajstić information content (AvgIpc) is 3.01. The van der Waals surface area contributed by atoms with Crippen molar-refractivity contribution in [3.63, 3.8) is 0 Å². The van der Waals surface area contributed by atoms with Crippen LogP contribution in [0, 0.1) is 10.8 Å². The Kier molecular flexibility index (Phi) is 3.39. The molecule has 0 radical (unpaired) electrons. The van der Waals surface area contributed by atoms with Gasteiger partial charge in [0.25, 0.3) is 6.01 Å². The van der Waals surface area contributed by atoms with E-state index in [-0.39, 0.29) is 17.3 Å². The van der Waals surface area contributed by atoms with Gasteiger partial charge in [-0.15, -0.1) is 0 Å². The van der Waals surface area contributed by atoms with Crippen LogP contribution in [0.1, 0.15) is 5.56 Å². The third kappa shape index (κ3) is 2.67. The second-order valence-corrected chi connectivity index (χ2v) is 5.50. The van der Waals surface area contributed by atoms with Crippen molar-refractivity contribution >= 4 is 22.9 Å². The molecule has 0 atom stereocenters. The van der Waals surface area contributed by atoms with Crippen molar-refractivity contribution in [2.75, 3.05) is 5.73 Å². The van der Waals surface area contributed by atoms with Gasteiger partial charge in [0, 0.05) is 24.2 Å². The number of anilines is 1. The minimum atomic E-state index is 0.127.